The Morgan fingerprint density at radius 2 is 1.78 bits per heavy atom. The lowest BCUT2D eigenvalue weighted by Crippen LogP contribution is -2.44. The lowest BCUT2D eigenvalue weighted by molar-refractivity contribution is 0.0527. The molecular weight excluding hydrogens is 386 g/mol. The van der Waals surface area contributed by atoms with Crippen LogP contribution in [0.25, 0.3) is 0 Å². The first kappa shape index (κ1) is 21.6. The highest BCUT2D eigenvalue weighted by molar-refractivity contribution is 7.80. The molecule has 9 heteroatoms. The third kappa shape index (κ3) is 5.63. The van der Waals surface area contributed by atoms with Gasteiger partial charge in [-0.3, -0.25) is 0 Å². The van der Waals surface area contributed by atoms with Gasteiger partial charge in [0.2, 0.25) is 0 Å². The Bertz CT molecular complexity index is 697. The fourth-order valence-corrected chi connectivity index (χ4v) is 4.35. The number of likely N-dealkylation sites (tertiary alicyclic amines) is 1. The Morgan fingerprint density at radius 1 is 1.19 bits per heavy atom. The van der Waals surface area contributed by atoms with Gasteiger partial charge < -0.3 is 25.0 Å². The number of rotatable bonds is 6. The molecule has 0 amide bonds. The predicted molar refractivity (Wildman–Crippen MR) is 111 cm³/mol. The molecule has 0 saturated carbocycles. The van der Waals surface area contributed by atoms with Crippen molar-refractivity contribution in [3.63, 3.8) is 0 Å². The molecule has 1 aliphatic heterocycles. The summed E-state index contributed by atoms with van der Waals surface area (Å²) in [6.45, 7) is 7.75. The number of ether oxygens (including phenoxy) is 2. The van der Waals surface area contributed by atoms with Gasteiger partial charge in [-0.15, -0.1) is 11.3 Å². The molecule has 7 nitrogen and oxygen atoms in total. The summed E-state index contributed by atoms with van der Waals surface area (Å²) in [5.41, 5.74) is 0.874. The number of piperidine rings is 1. The molecule has 1 aromatic rings. The molecule has 0 unspecified atom stereocenters. The summed E-state index contributed by atoms with van der Waals surface area (Å²) >= 11 is 6.59. The highest BCUT2D eigenvalue weighted by Crippen LogP contribution is 2.34. The Labute approximate surface area is 169 Å². The van der Waals surface area contributed by atoms with E-state index in [0.717, 1.165) is 37.3 Å². The van der Waals surface area contributed by atoms with Crippen LogP contribution in [0, 0.1) is 6.92 Å². The first-order valence-electron chi connectivity index (χ1n) is 9.11. The second kappa shape index (κ2) is 10.0. The minimum Gasteiger partial charge on any atom is -0.462 e. The molecule has 1 saturated heterocycles. The summed E-state index contributed by atoms with van der Waals surface area (Å²) in [6.07, 6.45) is 2.00. The van der Waals surface area contributed by atoms with Crippen LogP contribution in [0.1, 0.15) is 52.3 Å². The van der Waals surface area contributed by atoms with Crippen LogP contribution in [0.2, 0.25) is 0 Å². The molecule has 2 rings (SSSR count). The van der Waals surface area contributed by atoms with Crippen molar-refractivity contribution in [2.75, 3.05) is 38.7 Å². The number of esters is 2. The molecule has 0 bridgehead atoms. The minimum absolute atomic E-state index is 0.251. The molecule has 0 atom stereocenters. The van der Waals surface area contributed by atoms with Crippen molar-refractivity contribution in [2.24, 2.45) is 0 Å². The zero-order chi connectivity index (χ0) is 20.0. The maximum absolute atomic E-state index is 12.4. The lowest BCUT2D eigenvalue weighted by Gasteiger charge is -2.30. The molecular formula is C18H27N3O4S2. The first-order valence-corrected chi connectivity index (χ1v) is 10.3. The maximum Gasteiger partial charge on any atom is 0.348 e. The standard InChI is InChI=1S/C18H27N3O4S2/c1-5-24-16(22)13-11(3)14(17(23)25-6-2)27-15(13)20-18(26)19-12-7-9-21(4)10-8-12/h12H,5-10H2,1-4H3,(H2,19,20,26). The van der Waals surface area contributed by atoms with Gasteiger partial charge in [0.1, 0.15) is 9.88 Å². The molecule has 2 N–H and O–H groups in total. The van der Waals surface area contributed by atoms with Crippen molar-refractivity contribution in [1.29, 1.82) is 0 Å². The van der Waals surface area contributed by atoms with E-state index >= 15 is 0 Å². The minimum atomic E-state index is -0.480. The number of hydrogen-bond acceptors (Lipinski definition) is 7. The summed E-state index contributed by atoms with van der Waals surface area (Å²) in [5, 5.41) is 7.32. The van der Waals surface area contributed by atoms with Crippen molar-refractivity contribution in [2.45, 2.75) is 39.7 Å². The molecule has 0 aliphatic carbocycles. The number of thiophene rings is 1. The highest BCUT2D eigenvalue weighted by atomic mass is 32.1. The van der Waals surface area contributed by atoms with Crippen LogP contribution in [0.15, 0.2) is 0 Å². The fraction of sp³-hybridized carbons (Fsp3) is 0.611. The first-order chi connectivity index (χ1) is 12.9. The van der Waals surface area contributed by atoms with Gasteiger partial charge in [0, 0.05) is 6.04 Å². The Morgan fingerprint density at radius 3 is 2.37 bits per heavy atom. The third-order valence-electron chi connectivity index (χ3n) is 4.37. The maximum atomic E-state index is 12.4. The van der Waals surface area contributed by atoms with Crippen LogP contribution < -0.4 is 10.6 Å². The zero-order valence-corrected chi connectivity index (χ0v) is 17.8. The average Bonchev–Trinajstić information content (AvgIpc) is 2.93. The summed E-state index contributed by atoms with van der Waals surface area (Å²) in [7, 11) is 2.10. The SMILES string of the molecule is CCOC(=O)c1sc(NC(=S)NC2CCN(C)CC2)c(C(=O)OCC)c1C. The largest absolute Gasteiger partial charge is 0.462 e. The van der Waals surface area contributed by atoms with E-state index in [1.54, 1.807) is 20.8 Å². The monoisotopic (exact) mass is 413 g/mol. The topological polar surface area (TPSA) is 79.9 Å². The second-order valence-corrected chi connectivity index (χ2v) is 7.81. The van der Waals surface area contributed by atoms with E-state index in [0.29, 0.717) is 26.1 Å². The quantitative estimate of drug-likeness (QED) is 0.544. The van der Waals surface area contributed by atoms with Crippen molar-refractivity contribution < 1.29 is 19.1 Å². The lowest BCUT2D eigenvalue weighted by atomic mass is 10.1. The molecule has 27 heavy (non-hydrogen) atoms. The molecule has 0 radical (unpaired) electrons. The van der Waals surface area contributed by atoms with Crippen LogP contribution in [-0.2, 0) is 9.47 Å². The van der Waals surface area contributed by atoms with Gasteiger partial charge >= 0.3 is 11.9 Å². The summed E-state index contributed by atoms with van der Waals surface area (Å²) in [6, 6.07) is 0.290. The summed E-state index contributed by atoms with van der Waals surface area (Å²) < 4.78 is 10.2. The molecule has 1 aliphatic rings. The molecule has 1 aromatic heterocycles. The van der Waals surface area contributed by atoms with E-state index in [2.05, 4.69) is 22.6 Å². The smallest absolute Gasteiger partial charge is 0.348 e. The van der Waals surface area contributed by atoms with Gasteiger partial charge in [0.05, 0.1) is 18.8 Å². The Hall–Kier alpha value is -1.71. The highest BCUT2D eigenvalue weighted by Gasteiger charge is 2.27. The third-order valence-corrected chi connectivity index (χ3v) is 5.78. The number of carbonyl (C=O) groups excluding carboxylic acids is 2. The number of carbonyl (C=O) groups is 2. The van der Waals surface area contributed by atoms with Gasteiger partial charge in [-0.05, 0) is 71.5 Å². The zero-order valence-electron chi connectivity index (χ0n) is 16.2. The number of nitrogens with zero attached hydrogens (tertiary/aromatic N) is 1. The van der Waals surface area contributed by atoms with Gasteiger partial charge in [-0.1, -0.05) is 0 Å². The number of anilines is 1. The van der Waals surface area contributed by atoms with Gasteiger partial charge in [-0.25, -0.2) is 9.59 Å². The number of hydrogen-bond donors (Lipinski definition) is 2. The van der Waals surface area contributed by atoms with Gasteiger partial charge in [-0.2, -0.15) is 0 Å². The van der Waals surface area contributed by atoms with Crippen LogP contribution in [0.5, 0.6) is 0 Å². The van der Waals surface area contributed by atoms with E-state index in [-0.39, 0.29) is 19.3 Å². The van der Waals surface area contributed by atoms with E-state index in [1.165, 1.54) is 0 Å². The molecule has 0 aromatic carbocycles. The Balaban J connectivity index is 2.17. The molecule has 2 heterocycles. The second-order valence-electron chi connectivity index (χ2n) is 6.38. The van der Waals surface area contributed by atoms with E-state index < -0.39 is 11.9 Å². The van der Waals surface area contributed by atoms with Gasteiger partial charge in [0.25, 0.3) is 0 Å². The Kier molecular flexibility index (Phi) is 8.00. The van der Waals surface area contributed by atoms with E-state index in [1.807, 2.05) is 0 Å². The molecule has 0 spiro atoms. The van der Waals surface area contributed by atoms with Crippen molar-refractivity contribution in [3.05, 3.63) is 16.0 Å². The van der Waals surface area contributed by atoms with Crippen LogP contribution in [0.4, 0.5) is 5.00 Å². The van der Waals surface area contributed by atoms with Crippen LogP contribution >= 0.6 is 23.6 Å². The van der Waals surface area contributed by atoms with E-state index in [9.17, 15) is 9.59 Å². The van der Waals surface area contributed by atoms with E-state index in [4.69, 9.17) is 21.7 Å². The fourth-order valence-electron chi connectivity index (χ4n) is 2.92. The van der Waals surface area contributed by atoms with Crippen LogP contribution in [-0.4, -0.2) is 61.3 Å². The van der Waals surface area contributed by atoms with Gasteiger partial charge in [0.15, 0.2) is 5.11 Å². The van der Waals surface area contributed by atoms with Crippen LogP contribution in [0.3, 0.4) is 0 Å². The number of thiocarbonyl (C=S) groups is 1. The number of nitrogens with one attached hydrogen (secondary N) is 2. The average molecular weight is 414 g/mol. The summed E-state index contributed by atoms with van der Waals surface area (Å²) in [5.74, 6) is -0.931. The van der Waals surface area contributed by atoms with Crippen molar-refractivity contribution in [3.8, 4) is 0 Å². The molecule has 1 fully saturated rings. The molecule has 150 valence electrons. The van der Waals surface area contributed by atoms with Crippen molar-refractivity contribution in [1.82, 2.24) is 10.2 Å². The summed E-state index contributed by atoms with van der Waals surface area (Å²) in [4.78, 5) is 27.3. The van der Waals surface area contributed by atoms with Crippen molar-refractivity contribution >= 4 is 45.6 Å². The predicted octanol–water partition coefficient (Wildman–Crippen LogP) is 2.79. The normalized spacial score (nSPS) is 15.3.